The predicted molar refractivity (Wildman–Crippen MR) is 117 cm³/mol. The summed E-state index contributed by atoms with van der Waals surface area (Å²) >= 11 is 0. The van der Waals surface area contributed by atoms with Crippen molar-refractivity contribution in [3.63, 3.8) is 0 Å². The first kappa shape index (κ1) is 18.6. The first-order chi connectivity index (χ1) is 14.6. The molecule has 1 aliphatic heterocycles. The molecule has 8 nitrogen and oxygen atoms in total. The molecular formula is C22H25N7O. The molecule has 0 aromatic carbocycles. The van der Waals surface area contributed by atoms with Crippen LogP contribution in [-0.2, 0) is 0 Å². The maximum Gasteiger partial charge on any atom is 0.140 e. The average molecular weight is 403 g/mol. The summed E-state index contributed by atoms with van der Waals surface area (Å²) in [5, 5.41) is 14.3. The van der Waals surface area contributed by atoms with Crippen molar-refractivity contribution in [3.05, 3.63) is 48.0 Å². The monoisotopic (exact) mass is 403 g/mol. The molecule has 1 atom stereocenters. The van der Waals surface area contributed by atoms with Gasteiger partial charge in [-0.2, -0.15) is 5.10 Å². The van der Waals surface area contributed by atoms with E-state index in [1.165, 1.54) is 0 Å². The van der Waals surface area contributed by atoms with Gasteiger partial charge in [0.05, 0.1) is 30.4 Å². The van der Waals surface area contributed by atoms with Crippen molar-refractivity contribution >= 4 is 11.5 Å². The number of pyridine rings is 2. The van der Waals surface area contributed by atoms with E-state index in [1.807, 2.05) is 44.3 Å². The standard InChI is InChI=1S/C22H25N7O/c1-13-22(14(2)28-27-13)16-12-29-18(11-24-21(29)9-19(16)30-3)17-5-4-6-20(26-17)25-15-7-8-23-10-15/h4-6,9,11-12,15,23H,7-8,10H2,1-3H3,(H,25,26)(H,27,28)/t15-/m1/s1. The summed E-state index contributed by atoms with van der Waals surface area (Å²) in [4.78, 5) is 9.44. The van der Waals surface area contributed by atoms with Gasteiger partial charge in [-0.05, 0) is 38.9 Å². The lowest BCUT2D eigenvalue weighted by atomic mass is 10.0. The van der Waals surface area contributed by atoms with Gasteiger partial charge in [0.15, 0.2) is 0 Å². The molecule has 0 bridgehead atoms. The highest BCUT2D eigenvalue weighted by molar-refractivity contribution is 5.77. The zero-order valence-electron chi connectivity index (χ0n) is 17.4. The van der Waals surface area contributed by atoms with Gasteiger partial charge in [-0.15, -0.1) is 0 Å². The van der Waals surface area contributed by atoms with Crippen molar-refractivity contribution < 1.29 is 4.74 Å². The number of hydrogen-bond acceptors (Lipinski definition) is 6. The number of aryl methyl sites for hydroxylation is 2. The Kier molecular flexibility index (Phi) is 4.63. The SMILES string of the molecule is COc1cc2ncc(-c3cccc(N[C@@H]4CCNC4)n3)n2cc1-c1c(C)n[nH]c1C. The lowest BCUT2D eigenvalue weighted by Gasteiger charge is -2.13. The van der Waals surface area contributed by atoms with Crippen LogP contribution in [0, 0.1) is 13.8 Å². The van der Waals surface area contributed by atoms with Gasteiger partial charge in [-0.1, -0.05) is 6.07 Å². The molecule has 0 radical (unpaired) electrons. The molecule has 0 amide bonds. The number of hydrogen-bond donors (Lipinski definition) is 3. The molecule has 1 aliphatic rings. The summed E-state index contributed by atoms with van der Waals surface area (Å²) in [5.41, 5.74) is 6.56. The minimum atomic E-state index is 0.415. The number of anilines is 1. The van der Waals surface area contributed by atoms with Crippen LogP contribution < -0.4 is 15.4 Å². The number of rotatable bonds is 5. The van der Waals surface area contributed by atoms with Crippen LogP contribution in [0.4, 0.5) is 5.82 Å². The Balaban J connectivity index is 1.60. The molecule has 4 aromatic heterocycles. The molecular weight excluding hydrogens is 378 g/mol. The molecule has 1 fully saturated rings. The number of fused-ring (bicyclic) bond motifs is 1. The zero-order chi connectivity index (χ0) is 20.7. The second-order valence-electron chi connectivity index (χ2n) is 7.68. The van der Waals surface area contributed by atoms with Crippen molar-refractivity contribution in [3.8, 4) is 28.3 Å². The van der Waals surface area contributed by atoms with Gasteiger partial charge in [0.1, 0.15) is 17.2 Å². The first-order valence-corrected chi connectivity index (χ1v) is 10.2. The second-order valence-corrected chi connectivity index (χ2v) is 7.68. The molecule has 0 saturated carbocycles. The minimum Gasteiger partial charge on any atom is -0.496 e. The number of H-pyrrole nitrogens is 1. The summed E-state index contributed by atoms with van der Waals surface area (Å²) in [6.45, 7) is 6.02. The van der Waals surface area contributed by atoms with E-state index in [0.717, 1.165) is 70.6 Å². The smallest absolute Gasteiger partial charge is 0.140 e. The molecule has 3 N–H and O–H groups in total. The molecule has 0 spiro atoms. The van der Waals surface area contributed by atoms with Crippen LogP contribution >= 0.6 is 0 Å². The van der Waals surface area contributed by atoms with E-state index in [9.17, 15) is 0 Å². The quantitative estimate of drug-likeness (QED) is 0.474. The number of aromatic amines is 1. The zero-order valence-corrected chi connectivity index (χ0v) is 17.4. The van der Waals surface area contributed by atoms with Crippen LogP contribution in [0.15, 0.2) is 36.7 Å². The third-order valence-electron chi connectivity index (χ3n) is 5.65. The van der Waals surface area contributed by atoms with Crippen LogP contribution in [0.1, 0.15) is 17.8 Å². The van der Waals surface area contributed by atoms with Crippen molar-refractivity contribution in [2.75, 3.05) is 25.5 Å². The Hall–Kier alpha value is -3.39. The van der Waals surface area contributed by atoms with E-state index in [1.54, 1.807) is 7.11 Å². The van der Waals surface area contributed by atoms with E-state index in [2.05, 4.69) is 36.4 Å². The largest absolute Gasteiger partial charge is 0.496 e. The van der Waals surface area contributed by atoms with Gasteiger partial charge >= 0.3 is 0 Å². The highest BCUT2D eigenvalue weighted by Crippen LogP contribution is 2.35. The first-order valence-electron chi connectivity index (χ1n) is 10.2. The van der Waals surface area contributed by atoms with Gasteiger partial charge in [0.2, 0.25) is 0 Å². The fraction of sp³-hybridized carbons (Fsp3) is 0.318. The molecule has 8 heteroatoms. The van der Waals surface area contributed by atoms with Crippen molar-refractivity contribution in [1.82, 2.24) is 29.9 Å². The number of ether oxygens (including phenoxy) is 1. The molecule has 5 rings (SSSR count). The topological polar surface area (TPSA) is 92.2 Å². The van der Waals surface area contributed by atoms with Gasteiger partial charge in [-0.25, -0.2) is 9.97 Å². The highest BCUT2D eigenvalue weighted by atomic mass is 16.5. The molecule has 154 valence electrons. The van der Waals surface area contributed by atoms with Gasteiger partial charge in [0.25, 0.3) is 0 Å². The summed E-state index contributed by atoms with van der Waals surface area (Å²) in [5.74, 6) is 1.65. The second kappa shape index (κ2) is 7.46. The normalized spacial score (nSPS) is 16.3. The van der Waals surface area contributed by atoms with Crippen molar-refractivity contribution in [2.45, 2.75) is 26.3 Å². The number of aromatic nitrogens is 5. The fourth-order valence-electron chi connectivity index (χ4n) is 4.14. The van der Waals surface area contributed by atoms with Crippen LogP contribution in [0.5, 0.6) is 5.75 Å². The van der Waals surface area contributed by atoms with Crippen LogP contribution in [0.2, 0.25) is 0 Å². The molecule has 1 saturated heterocycles. The minimum absolute atomic E-state index is 0.415. The Morgan fingerprint density at radius 3 is 2.90 bits per heavy atom. The van der Waals surface area contributed by atoms with Crippen LogP contribution in [-0.4, -0.2) is 50.8 Å². The van der Waals surface area contributed by atoms with Crippen molar-refractivity contribution in [1.29, 1.82) is 0 Å². The van der Waals surface area contributed by atoms with Crippen molar-refractivity contribution in [2.24, 2.45) is 0 Å². The molecule has 0 aliphatic carbocycles. The molecule has 4 aromatic rings. The van der Waals surface area contributed by atoms with Crippen LogP contribution in [0.3, 0.4) is 0 Å². The fourth-order valence-corrected chi connectivity index (χ4v) is 4.14. The van der Waals surface area contributed by atoms with Crippen LogP contribution in [0.25, 0.3) is 28.2 Å². The van der Waals surface area contributed by atoms with E-state index in [0.29, 0.717) is 6.04 Å². The third-order valence-corrected chi connectivity index (χ3v) is 5.65. The van der Waals surface area contributed by atoms with E-state index < -0.39 is 0 Å². The van der Waals surface area contributed by atoms with E-state index >= 15 is 0 Å². The van der Waals surface area contributed by atoms with Gasteiger partial charge < -0.3 is 15.4 Å². The lowest BCUT2D eigenvalue weighted by molar-refractivity contribution is 0.416. The molecule has 0 unspecified atom stereocenters. The van der Waals surface area contributed by atoms with Gasteiger partial charge in [-0.3, -0.25) is 9.50 Å². The average Bonchev–Trinajstić information content (AvgIpc) is 3.48. The summed E-state index contributed by atoms with van der Waals surface area (Å²) in [7, 11) is 1.68. The molecule has 30 heavy (non-hydrogen) atoms. The third kappa shape index (κ3) is 3.19. The molecule has 5 heterocycles. The summed E-state index contributed by atoms with van der Waals surface area (Å²) in [6.07, 6.45) is 5.02. The summed E-state index contributed by atoms with van der Waals surface area (Å²) < 4.78 is 7.73. The Labute approximate surface area is 174 Å². The number of imidazole rings is 1. The summed E-state index contributed by atoms with van der Waals surface area (Å²) in [6, 6.07) is 8.42. The highest BCUT2D eigenvalue weighted by Gasteiger charge is 2.18. The Morgan fingerprint density at radius 1 is 1.27 bits per heavy atom. The number of nitrogens with one attached hydrogen (secondary N) is 3. The Morgan fingerprint density at radius 2 is 2.17 bits per heavy atom. The maximum atomic E-state index is 5.67. The Bertz CT molecular complexity index is 1180. The van der Waals surface area contributed by atoms with E-state index in [-0.39, 0.29) is 0 Å². The van der Waals surface area contributed by atoms with E-state index in [4.69, 9.17) is 9.72 Å². The lowest BCUT2D eigenvalue weighted by Crippen LogP contribution is -2.22. The van der Waals surface area contributed by atoms with Gasteiger partial charge in [0, 0.05) is 41.7 Å². The number of methoxy groups -OCH3 is 1. The number of nitrogens with zero attached hydrogens (tertiary/aromatic N) is 4. The predicted octanol–water partition coefficient (Wildman–Crippen LogP) is 3.19. The maximum absolute atomic E-state index is 5.67.